The van der Waals surface area contributed by atoms with Crippen LogP contribution in [0.3, 0.4) is 0 Å². The van der Waals surface area contributed by atoms with Gasteiger partial charge in [-0.15, -0.1) is 0 Å². The van der Waals surface area contributed by atoms with Crippen LogP contribution in [0.25, 0.3) is 0 Å². The van der Waals surface area contributed by atoms with Crippen molar-refractivity contribution in [1.29, 1.82) is 0 Å². The predicted molar refractivity (Wildman–Crippen MR) is 89.0 cm³/mol. The molecule has 20 heavy (non-hydrogen) atoms. The fraction of sp³-hybridized carbons (Fsp3) is 0.667. The van der Waals surface area contributed by atoms with E-state index in [2.05, 4.69) is 82.2 Å². The van der Waals surface area contributed by atoms with Gasteiger partial charge in [-0.2, -0.15) is 0 Å². The maximum absolute atomic E-state index is 3.59. The molecule has 0 amide bonds. The van der Waals surface area contributed by atoms with Crippen molar-refractivity contribution in [2.24, 2.45) is 5.92 Å². The third-order valence-electron chi connectivity index (χ3n) is 3.90. The van der Waals surface area contributed by atoms with Crippen LogP contribution in [0, 0.1) is 5.92 Å². The molecule has 0 saturated heterocycles. The van der Waals surface area contributed by atoms with E-state index in [-0.39, 0.29) is 0 Å². The number of nitrogens with zero attached hydrogens (tertiary/aromatic N) is 1. The summed E-state index contributed by atoms with van der Waals surface area (Å²) < 4.78 is 0. The quantitative estimate of drug-likeness (QED) is 0.769. The Bertz CT molecular complexity index is 359. The number of hydrogen-bond donors (Lipinski definition) is 1. The van der Waals surface area contributed by atoms with Gasteiger partial charge in [0.25, 0.3) is 0 Å². The summed E-state index contributed by atoms with van der Waals surface area (Å²) in [7, 11) is 2.26. The van der Waals surface area contributed by atoms with Crippen molar-refractivity contribution in [3.8, 4) is 0 Å². The molecule has 2 heteroatoms. The molecule has 1 N–H and O–H groups in total. The molecule has 2 nitrogen and oxygen atoms in total. The molecule has 0 aliphatic heterocycles. The van der Waals surface area contributed by atoms with Crippen LogP contribution in [0.5, 0.6) is 0 Å². The van der Waals surface area contributed by atoms with Crippen LogP contribution in [-0.4, -0.2) is 30.6 Å². The lowest BCUT2D eigenvalue weighted by molar-refractivity contribution is 0.160. The van der Waals surface area contributed by atoms with Crippen molar-refractivity contribution in [3.63, 3.8) is 0 Å². The standard InChI is InChI=1S/C18H32N2/c1-14(2)12-16(5)20(6)18(13-19-15(3)4)17-10-8-7-9-11-17/h7-11,14-16,18-19H,12-13H2,1-6H3. The van der Waals surface area contributed by atoms with E-state index in [1.54, 1.807) is 0 Å². The first-order valence-electron chi connectivity index (χ1n) is 7.92. The Morgan fingerprint density at radius 2 is 1.60 bits per heavy atom. The van der Waals surface area contributed by atoms with E-state index in [0.717, 1.165) is 12.5 Å². The van der Waals surface area contributed by atoms with Crippen LogP contribution >= 0.6 is 0 Å². The topological polar surface area (TPSA) is 15.3 Å². The van der Waals surface area contributed by atoms with Gasteiger partial charge in [0.2, 0.25) is 0 Å². The van der Waals surface area contributed by atoms with E-state index in [9.17, 15) is 0 Å². The Labute approximate surface area is 125 Å². The van der Waals surface area contributed by atoms with Crippen molar-refractivity contribution in [3.05, 3.63) is 35.9 Å². The minimum Gasteiger partial charge on any atom is -0.313 e. The number of rotatable bonds is 8. The van der Waals surface area contributed by atoms with E-state index in [4.69, 9.17) is 0 Å². The van der Waals surface area contributed by atoms with Crippen LogP contribution in [0.4, 0.5) is 0 Å². The molecule has 0 bridgehead atoms. The summed E-state index contributed by atoms with van der Waals surface area (Å²) in [4.78, 5) is 2.52. The highest BCUT2D eigenvalue weighted by Crippen LogP contribution is 2.23. The largest absolute Gasteiger partial charge is 0.313 e. The second-order valence-corrected chi connectivity index (χ2v) is 6.63. The summed E-state index contributed by atoms with van der Waals surface area (Å²) in [5.41, 5.74) is 1.40. The third kappa shape index (κ3) is 5.64. The lowest BCUT2D eigenvalue weighted by atomic mass is 9.99. The summed E-state index contributed by atoms with van der Waals surface area (Å²) in [6.45, 7) is 12.4. The Balaban J connectivity index is 2.81. The van der Waals surface area contributed by atoms with Crippen LogP contribution in [-0.2, 0) is 0 Å². The molecule has 0 radical (unpaired) electrons. The molecule has 0 spiro atoms. The molecule has 1 rings (SSSR count). The molecular weight excluding hydrogens is 244 g/mol. The van der Waals surface area contributed by atoms with Crippen molar-refractivity contribution < 1.29 is 0 Å². The lowest BCUT2D eigenvalue weighted by Gasteiger charge is -2.35. The Hall–Kier alpha value is -0.860. The Morgan fingerprint density at radius 1 is 1.00 bits per heavy atom. The summed E-state index contributed by atoms with van der Waals surface area (Å²) in [5, 5.41) is 3.59. The molecule has 0 aliphatic carbocycles. The predicted octanol–water partition coefficient (Wildman–Crippen LogP) is 4.09. The van der Waals surface area contributed by atoms with Gasteiger partial charge in [0, 0.05) is 24.7 Å². The van der Waals surface area contributed by atoms with Crippen molar-refractivity contribution in [2.75, 3.05) is 13.6 Å². The maximum Gasteiger partial charge on any atom is 0.0472 e. The molecule has 0 fully saturated rings. The highest BCUT2D eigenvalue weighted by molar-refractivity contribution is 5.19. The average molecular weight is 276 g/mol. The van der Waals surface area contributed by atoms with Crippen molar-refractivity contribution >= 4 is 0 Å². The van der Waals surface area contributed by atoms with Gasteiger partial charge in [-0.1, -0.05) is 58.0 Å². The van der Waals surface area contributed by atoms with Crippen LogP contribution in [0.15, 0.2) is 30.3 Å². The first kappa shape index (κ1) is 17.2. The molecular formula is C18H32N2. The van der Waals surface area contributed by atoms with E-state index < -0.39 is 0 Å². The summed E-state index contributed by atoms with van der Waals surface area (Å²) >= 11 is 0. The summed E-state index contributed by atoms with van der Waals surface area (Å²) in [6.07, 6.45) is 1.24. The molecule has 0 aromatic heterocycles. The number of nitrogens with one attached hydrogen (secondary N) is 1. The second-order valence-electron chi connectivity index (χ2n) is 6.63. The van der Waals surface area contributed by atoms with Gasteiger partial charge in [-0.3, -0.25) is 4.90 Å². The minimum absolute atomic E-state index is 0.437. The molecule has 0 saturated carbocycles. The van der Waals surface area contributed by atoms with Crippen molar-refractivity contribution in [1.82, 2.24) is 10.2 Å². The van der Waals surface area contributed by atoms with Gasteiger partial charge in [0.1, 0.15) is 0 Å². The number of hydrogen-bond acceptors (Lipinski definition) is 2. The van der Waals surface area contributed by atoms with Gasteiger partial charge in [-0.05, 0) is 31.9 Å². The Kier molecular flexibility index (Phi) is 7.25. The first-order valence-corrected chi connectivity index (χ1v) is 7.92. The minimum atomic E-state index is 0.437. The Morgan fingerprint density at radius 3 is 2.10 bits per heavy atom. The van der Waals surface area contributed by atoms with Crippen molar-refractivity contribution in [2.45, 2.75) is 59.2 Å². The van der Waals surface area contributed by atoms with Gasteiger partial charge >= 0.3 is 0 Å². The zero-order valence-electron chi connectivity index (χ0n) is 14.1. The summed E-state index contributed by atoms with van der Waals surface area (Å²) in [5.74, 6) is 0.738. The van der Waals surface area contributed by atoms with Crippen LogP contribution in [0.2, 0.25) is 0 Å². The number of likely N-dealkylation sites (N-methyl/N-ethyl adjacent to an activating group) is 1. The monoisotopic (exact) mass is 276 g/mol. The second kappa shape index (κ2) is 8.43. The van der Waals surface area contributed by atoms with Gasteiger partial charge in [0.15, 0.2) is 0 Å². The SMILES string of the molecule is CC(C)CC(C)N(C)C(CNC(C)C)c1ccccc1. The fourth-order valence-electron chi connectivity index (χ4n) is 2.68. The average Bonchev–Trinajstić information content (AvgIpc) is 2.38. The smallest absolute Gasteiger partial charge is 0.0472 e. The van der Waals surface area contributed by atoms with Gasteiger partial charge in [-0.25, -0.2) is 0 Å². The normalized spacial score (nSPS) is 15.1. The summed E-state index contributed by atoms with van der Waals surface area (Å²) in [6, 6.07) is 12.4. The highest BCUT2D eigenvalue weighted by Gasteiger charge is 2.22. The van der Waals surface area contributed by atoms with Gasteiger partial charge < -0.3 is 5.32 Å². The van der Waals surface area contributed by atoms with Crippen LogP contribution < -0.4 is 5.32 Å². The molecule has 0 heterocycles. The molecule has 1 aromatic carbocycles. The molecule has 114 valence electrons. The maximum atomic E-state index is 3.59. The van der Waals surface area contributed by atoms with Crippen LogP contribution in [0.1, 0.15) is 52.6 Å². The highest BCUT2D eigenvalue weighted by atomic mass is 15.2. The zero-order valence-corrected chi connectivity index (χ0v) is 14.1. The van der Waals surface area contributed by atoms with Gasteiger partial charge in [0.05, 0.1) is 0 Å². The fourth-order valence-corrected chi connectivity index (χ4v) is 2.68. The first-order chi connectivity index (χ1) is 9.41. The third-order valence-corrected chi connectivity index (χ3v) is 3.90. The van der Waals surface area contributed by atoms with E-state index in [0.29, 0.717) is 18.1 Å². The van der Waals surface area contributed by atoms with E-state index in [1.165, 1.54) is 12.0 Å². The zero-order chi connectivity index (χ0) is 15.1. The van der Waals surface area contributed by atoms with E-state index in [1.807, 2.05) is 0 Å². The molecule has 2 atom stereocenters. The van der Waals surface area contributed by atoms with E-state index >= 15 is 0 Å². The molecule has 2 unspecified atom stereocenters. The molecule has 0 aliphatic rings. The number of benzene rings is 1. The lowest BCUT2D eigenvalue weighted by Crippen LogP contribution is -2.40. The molecule has 1 aromatic rings.